The molecule has 2 heterocycles. The van der Waals surface area contributed by atoms with E-state index in [9.17, 15) is 9.59 Å². The molecule has 3 N–H and O–H groups in total. The Balaban J connectivity index is 0.000000582. The smallest absolute Gasteiger partial charge is 0.221 e. The van der Waals surface area contributed by atoms with E-state index in [-0.39, 0.29) is 5.91 Å². The van der Waals surface area contributed by atoms with Crippen LogP contribution in [-0.2, 0) is 22.7 Å². The Bertz CT molecular complexity index is 1060. The van der Waals surface area contributed by atoms with Crippen molar-refractivity contribution in [1.82, 2.24) is 9.78 Å². The van der Waals surface area contributed by atoms with Gasteiger partial charge in [-0.25, -0.2) is 0 Å². The van der Waals surface area contributed by atoms with E-state index in [1.807, 2.05) is 74.0 Å². The first kappa shape index (κ1) is 25.6. The van der Waals surface area contributed by atoms with Crippen LogP contribution in [0, 0.1) is 0 Å². The van der Waals surface area contributed by atoms with Crippen LogP contribution >= 0.6 is 0 Å². The van der Waals surface area contributed by atoms with Crippen molar-refractivity contribution in [1.29, 1.82) is 0 Å². The second kappa shape index (κ2) is 13.0. The zero-order valence-electron chi connectivity index (χ0n) is 19.6. The van der Waals surface area contributed by atoms with E-state index >= 15 is 0 Å². The molecular formula is C25H32N4O4. The fraction of sp³-hybridized carbons (Fsp3) is 0.320. The lowest BCUT2D eigenvalue weighted by molar-refractivity contribution is -0.114. The molecule has 0 aliphatic carbocycles. The van der Waals surface area contributed by atoms with E-state index in [1.54, 1.807) is 0 Å². The summed E-state index contributed by atoms with van der Waals surface area (Å²) in [7, 11) is 0. The number of para-hydroxylation sites is 1. The quantitative estimate of drug-likeness (QED) is 0.497. The number of aliphatic hydroxyl groups is 1. The van der Waals surface area contributed by atoms with Crippen LogP contribution in [0.25, 0.3) is 11.3 Å². The van der Waals surface area contributed by atoms with Crippen molar-refractivity contribution < 1.29 is 19.4 Å². The summed E-state index contributed by atoms with van der Waals surface area (Å²) in [5, 5.41) is 18.1. The molecule has 1 aliphatic heterocycles. The molecule has 0 bridgehead atoms. The number of benzene rings is 2. The molecule has 0 saturated carbocycles. The van der Waals surface area contributed by atoms with Crippen LogP contribution in [0.4, 0.5) is 11.4 Å². The van der Waals surface area contributed by atoms with E-state index < -0.39 is 0 Å². The standard InChI is InChI=1S/C20H18N4O3.C3H8O.C2H6/c1-13(26)22-15-7-6-14-10-24-16(11-27-20(14)8-15)9-19(23-24)17-4-2-3-5-18(17)21-12-25;1-2-3-4;1-2/h2-9,12H,10-11H2,1H3,(H,21,25)(H,22,26);4H,2-3H2,1H3;1-2H3. The van der Waals surface area contributed by atoms with E-state index in [0.717, 1.165) is 34.7 Å². The van der Waals surface area contributed by atoms with E-state index in [2.05, 4.69) is 10.6 Å². The van der Waals surface area contributed by atoms with Gasteiger partial charge in [0, 0.05) is 42.1 Å². The molecule has 0 spiro atoms. The van der Waals surface area contributed by atoms with Crippen LogP contribution < -0.4 is 15.4 Å². The van der Waals surface area contributed by atoms with Crippen molar-refractivity contribution in [2.45, 2.75) is 47.3 Å². The molecule has 8 heteroatoms. The van der Waals surface area contributed by atoms with Crippen LogP contribution in [0.15, 0.2) is 48.5 Å². The van der Waals surface area contributed by atoms with Gasteiger partial charge >= 0.3 is 0 Å². The Morgan fingerprint density at radius 1 is 1.21 bits per heavy atom. The molecule has 176 valence electrons. The lowest BCUT2D eigenvalue weighted by Gasteiger charge is -2.10. The molecule has 0 unspecified atom stereocenters. The highest BCUT2D eigenvalue weighted by Crippen LogP contribution is 2.31. The monoisotopic (exact) mass is 452 g/mol. The van der Waals surface area contributed by atoms with Crippen LogP contribution in [0.2, 0.25) is 0 Å². The molecule has 2 amide bonds. The number of carbonyl (C=O) groups excluding carboxylic acids is 2. The maximum absolute atomic E-state index is 11.2. The van der Waals surface area contributed by atoms with Gasteiger partial charge in [0.1, 0.15) is 12.4 Å². The number of carbonyl (C=O) groups is 2. The summed E-state index contributed by atoms with van der Waals surface area (Å²) in [6.07, 6.45) is 1.53. The number of nitrogens with one attached hydrogen (secondary N) is 2. The summed E-state index contributed by atoms with van der Waals surface area (Å²) in [6, 6.07) is 15.1. The number of anilines is 2. The van der Waals surface area contributed by atoms with Crippen molar-refractivity contribution in [2.75, 3.05) is 17.2 Å². The zero-order chi connectivity index (χ0) is 24.2. The Hall–Kier alpha value is -3.65. The highest BCUT2D eigenvalue weighted by molar-refractivity contribution is 5.89. The average molecular weight is 453 g/mol. The number of amides is 2. The first-order valence-corrected chi connectivity index (χ1v) is 11.1. The molecule has 33 heavy (non-hydrogen) atoms. The fourth-order valence-corrected chi connectivity index (χ4v) is 3.15. The number of ether oxygens (including phenoxy) is 1. The largest absolute Gasteiger partial charge is 0.487 e. The molecule has 0 fully saturated rings. The first-order chi connectivity index (χ1) is 16.0. The second-order valence-electron chi connectivity index (χ2n) is 7.00. The minimum atomic E-state index is -0.122. The third-order valence-corrected chi connectivity index (χ3v) is 4.59. The van der Waals surface area contributed by atoms with Gasteiger partial charge in [0.25, 0.3) is 0 Å². The van der Waals surface area contributed by atoms with Crippen LogP contribution in [-0.4, -0.2) is 33.8 Å². The normalized spacial score (nSPS) is 11.1. The lowest BCUT2D eigenvalue weighted by Crippen LogP contribution is -2.06. The van der Waals surface area contributed by atoms with Gasteiger partial charge in [-0.1, -0.05) is 45.0 Å². The van der Waals surface area contributed by atoms with Crippen molar-refractivity contribution >= 4 is 23.7 Å². The van der Waals surface area contributed by atoms with E-state index in [4.69, 9.17) is 14.9 Å². The summed E-state index contributed by atoms with van der Waals surface area (Å²) < 4.78 is 7.84. The summed E-state index contributed by atoms with van der Waals surface area (Å²) in [5.41, 5.74) is 4.96. The molecular weight excluding hydrogens is 420 g/mol. The van der Waals surface area contributed by atoms with Gasteiger partial charge in [-0.05, 0) is 24.6 Å². The molecule has 0 saturated heterocycles. The Morgan fingerprint density at radius 3 is 2.61 bits per heavy atom. The topological polar surface area (TPSA) is 105 Å². The fourth-order valence-electron chi connectivity index (χ4n) is 3.15. The number of hydrogen-bond acceptors (Lipinski definition) is 5. The molecule has 3 aromatic rings. The van der Waals surface area contributed by atoms with Gasteiger partial charge in [0.05, 0.1) is 17.9 Å². The van der Waals surface area contributed by atoms with E-state index in [0.29, 0.717) is 37.5 Å². The predicted molar refractivity (Wildman–Crippen MR) is 130 cm³/mol. The van der Waals surface area contributed by atoms with Crippen LogP contribution in [0.5, 0.6) is 5.75 Å². The second-order valence-corrected chi connectivity index (χ2v) is 7.00. The zero-order valence-corrected chi connectivity index (χ0v) is 19.6. The van der Waals surface area contributed by atoms with Gasteiger partial charge in [-0.15, -0.1) is 0 Å². The predicted octanol–water partition coefficient (Wildman–Crippen LogP) is 4.43. The van der Waals surface area contributed by atoms with E-state index in [1.165, 1.54) is 6.92 Å². The molecule has 2 aromatic carbocycles. The summed E-state index contributed by atoms with van der Waals surface area (Å²) in [5.74, 6) is 0.611. The van der Waals surface area contributed by atoms with Crippen molar-refractivity contribution in [3.05, 3.63) is 59.8 Å². The molecule has 0 atom stereocenters. The third-order valence-electron chi connectivity index (χ3n) is 4.59. The molecule has 8 nitrogen and oxygen atoms in total. The van der Waals surface area contributed by atoms with Gasteiger partial charge in [0.15, 0.2) is 0 Å². The van der Waals surface area contributed by atoms with Crippen molar-refractivity contribution in [3.8, 4) is 17.0 Å². The van der Waals surface area contributed by atoms with Crippen LogP contribution in [0.3, 0.4) is 0 Å². The molecule has 4 rings (SSSR count). The minimum Gasteiger partial charge on any atom is -0.487 e. The van der Waals surface area contributed by atoms with Crippen molar-refractivity contribution in [2.24, 2.45) is 0 Å². The first-order valence-electron chi connectivity index (χ1n) is 11.1. The van der Waals surface area contributed by atoms with Gasteiger partial charge in [0.2, 0.25) is 12.3 Å². The maximum atomic E-state index is 11.2. The van der Waals surface area contributed by atoms with Gasteiger partial charge in [-0.3, -0.25) is 14.3 Å². The minimum absolute atomic E-state index is 0.122. The highest BCUT2D eigenvalue weighted by atomic mass is 16.5. The third kappa shape index (κ3) is 6.92. The average Bonchev–Trinajstić information content (AvgIpc) is 3.15. The summed E-state index contributed by atoms with van der Waals surface area (Å²) in [4.78, 5) is 22.1. The number of rotatable bonds is 5. The number of aromatic nitrogens is 2. The van der Waals surface area contributed by atoms with Gasteiger partial charge < -0.3 is 20.5 Å². The molecule has 0 radical (unpaired) electrons. The SMILES string of the molecule is CC.CC(=O)Nc1ccc2c(c1)OCc1cc(-c3ccccc3NC=O)nn1C2.CCCO. The number of fused-ring (bicyclic) bond motifs is 2. The van der Waals surface area contributed by atoms with Crippen molar-refractivity contribution in [3.63, 3.8) is 0 Å². The Labute approximate surface area is 194 Å². The highest BCUT2D eigenvalue weighted by Gasteiger charge is 2.18. The van der Waals surface area contributed by atoms with Crippen LogP contribution in [0.1, 0.15) is 45.4 Å². The Kier molecular flexibility index (Phi) is 10.1. The number of nitrogens with zero attached hydrogens (tertiary/aromatic N) is 2. The molecule has 1 aliphatic rings. The summed E-state index contributed by atoms with van der Waals surface area (Å²) in [6.45, 7) is 8.65. The molecule has 1 aromatic heterocycles. The Morgan fingerprint density at radius 2 is 1.94 bits per heavy atom. The number of aliphatic hydroxyl groups excluding tert-OH is 1. The van der Waals surface area contributed by atoms with Gasteiger partial charge in [-0.2, -0.15) is 5.10 Å². The lowest BCUT2D eigenvalue weighted by atomic mass is 10.1. The maximum Gasteiger partial charge on any atom is 0.221 e. The number of hydrogen-bond donors (Lipinski definition) is 3. The summed E-state index contributed by atoms with van der Waals surface area (Å²) >= 11 is 0.